The molecular formula is C8H9FN4O3. The van der Waals surface area contributed by atoms with Crippen LogP contribution in [0.25, 0.3) is 0 Å². The molecule has 3 N–H and O–H groups in total. The number of hydrogen-bond acceptors (Lipinski definition) is 4. The highest BCUT2D eigenvalue weighted by atomic mass is 19.1. The molecule has 0 bridgehead atoms. The summed E-state index contributed by atoms with van der Waals surface area (Å²) in [5, 5.41) is 16.5. The van der Waals surface area contributed by atoms with Gasteiger partial charge in [-0.2, -0.15) is 4.94 Å². The van der Waals surface area contributed by atoms with Gasteiger partial charge in [-0.3, -0.25) is 5.41 Å². The fourth-order valence-corrected chi connectivity index (χ4v) is 1.00. The van der Waals surface area contributed by atoms with Crippen molar-refractivity contribution < 1.29 is 14.4 Å². The topological polar surface area (TPSA) is 105 Å². The summed E-state index contributed by atoms with van der Waals surface area (Å²) in [6.45, 7) is 1.53. The van der Waals surface area contributed by atoms with E-state index < -0.39 is 16.9 Å². The molecular weight excluding hydrogens is 219 g/mol. The van der Waals surface area contributed by atoms with E-state index in [-0.39, 0.29) is 5.69 Å². The monoisotopic (exact) mass is 228 g/mol. The maximum atomic E-state index is 13.2. The largest absolute Gasteiger partial charge is 0.368 e. The zero-order valence-corrected chi connectivity index (χ0v) is 8.31. The number of halogens is 1. The van der Waals surface area contributed by atoms with Crippen molar-refractivity contribution >= 4 is 11.6 Å². The molecule has 0 saturated heterocycles. The molecule has 1 aromatic carbocycles. The number of guanidine groups is 1. The molecule has 0 fully saturated rings. The number of aryl methyl sites for hydroxylation is 1. The number of hydrogen-bond donors (Lipinski definition) is 2. The highest BCUT2D eigenvalue weighted by Gasteiger charge is 2.15. The van der Waals surface area contributed by atoms with Gasteiger partial charge in [0.1, 0.15) is 5.82 Å². The van der Waals surface area contributed by atoms with Crippen LogP contribution in [-0.2, 0) is 4.94 Å². The van der Waals surface area contributed by atoms with Crippen molar-refractivity contribution in [1.82, 2.24) is 0 Å². The van der Waals surface area contributed by atoms with Crippen LogP contribution in [0.15, 0.2) is 18.2 Å². The Morgan fingerprint density at radius 2 is 2.31 bits per heavy atom. The van der Waals surface area contributed by atoms with E-state index in [0.29, 0.717) is 10.6 Å². The molecule has 0 aromatic heterocycles. The fourth-order valence-electron chi connectivity index (χ4n) is 1.00. The fraction of sp³-hybridized carbons (Fsp3) is 0.125. The summed E-state index contributed by atoms with van der Waals surface area (Å²) < 4.78 is 13.2. The summed E-state index contributed by atoms with van der Waals surface area (Å²) in [4.78, 5) is 14.2. The van der Waals surface area contributed by atoms with Crippen LogP contribution in [0.1, 0.15) is 5.56 Å². The van der Waals surface area contributed by atoms with E-state index in [1.165, 1.54) is 19.1 Å². The quantitative estimate of drug-likeness (QED) is 0.347. The summed E-state index contributed by atoms with van der Waals surface area (Å²) in [6.07, 6.45) is 0. The van der Waals surface area contributed by atoms with Gasteiger partial charge in [0.05, 0.1) is 5.69 Å². The molecule has 0 saturated carbocycles. The summed E-state index contributed by atoms with van der Waals surface area (Å²) in [6, 6.07) is 3.73. The van der Waals surface area contributed by atoms with Gasteiger partial charge in [-0.25, -0.2) is 4.39 Å². The molecule has 0 spiro atoms. The second-order valence-corrected chi connectivity index (χ2v) is 2.92. The smallest absolute Gasteiger partial charge is 0.317 e. The van der Waals surface area contributed by atoms with Gasteiger partial charge in [0, 0.05) is 6.07 Å². The molecule has 8 heteroatoms. The standard InChI is InChI=1S/C8H9FN4O3/c1-5-2-3-6(4-7(5)9)12(8(10)11)16-13(14)15/h2-4H,1H3,(H3,10,11). The molecule has 86 valence electrons. The lowest BCUT2D eigenvalue weighted by molar-refractivity contribution is -0.758. The Morgan fingerprint density at radius 1 is 1.69 bits per heavy atom. The van der Waals surface area contributed by atoms with Crippen molar-refractivity contribution in [2.75, 3.05) is 5.06 Å². The first kappa shape index (κ1) is 11.7. The van der Waals surface area contributed by atoms with E-state index in [4.69, 9.17) is 11.1 Å². The van der Waals surface area contributed by atoms with Crippen LogP contribution in [0.2, 0.25) is 0 Å². The summed E-state index contributed by atoms with van der Waals surface area (Å²) in [5.41, 5.74) is 5.40. The van der Waals surface area contributed by atoms with Gasteiger partial charge in [-0.05, 0) is 18.6 Å². The Morgan fingerprint density at radius 3 is 2.75 bits per heavy atom. The van der Waals surface area contributed by atoms with E-state index in [1.807, 2.05) is 0 Å². The number of nitrogens with two attached hydrogens (primary N) is 1. The molecule has 0 heterocycles. The number of rotatable bonds is 3. The van der Waals surface area contributed by atoms with Crippen molar-refractivity contribution in [3.8, 4) is 0 Å². The molecule has 0 unspecified atom stereocenters. The summed E-state index contributed by atoms with van der Waals surface area (Å²) in [7, 11) is 0. The van der Waals surface area contributed by atoms with Gasteiger partial charge in [0.15, 0.2) is 0 Å². The second kappa shape index (κ2) is 4.43. The molecule has 0 aliphatic heterocycles. The second-order valence-electron chi connectivity index (χ2n) is 2.92. The molecule has 1 rings (SSSR count). The van der Waals surface area contributed by atoms with Gasteiger partial charge in [-0.15, -0.1) is 15.2 Å². The highest BCUT2D eigenvalue weighted by Crippen LogP contribution is 2.18. The Balaban J connectivity index is 3.06. The van der Waals surface area contributed by atoms with Gasteiger partial charge in [0.2, 0.25) is 5.96 Å². The van der Waals surface area contributed by atoms with Gasteiger partial charge in [0.25, 0.3) is 0 Å². The molecule has 0 radical (unpaired) electrons. The van der Waals surface area contributed by atoms with E-state index in [0.717, 1.165) is 6.07 Å². The number of anilines is 1. The number of hydroxylamine groups is 1. The first-order valence-electron chi connectivity index (χ1n) is 4.14. The molecule has 1 aromatic rings. The SMILES string of the molecule is Cc1ccc(N(O[N+](=O)[O-])C(=N)N)cc1F. The molecule has 0 atom stereocenters. The Bertz CT molecular complexity index is 437. The van der Waals surface area contributed by atoms with Crippen molar-refractivity contribution in [2.45, 2.75) is 6.92 Å². The Hall–Kier alpha value is -2.38. The van der Waals surface area contributed by atoms with Crippen LogP contribution in [0.3, 0.4) is 0 Å². The number of nitrogens with zero attached hydrogens (tertiary/aromatic N) is 2. The summed E-state index contributed by atoms with van der Waals surface area (Å²) >= 11 is 0. The minimum absolute atomic E-state index is 0.0349. The average molecular weight is 228 g/mol. The molecule has 0 aliphatic rings. The first-order chi connectivity index (χ1) is 7.41. The third-order valence-electron chi connectivity index (χ3n) is 1.76. The zero-order valence-electron chi connectivity index (χ0n) is 8.31. The van der Waals surface area contributed by atoms with Gasteiger partial charge < -0.3 is 5.73 Å². The lowest BCUT2D eigenvalue weighted by atomic mass is 10.2. The van der Waals surface area contributed by atoms with E-state index in [9.17, 15) is 14.5 Å². The minimum Gasteiger partial charge on any atom is -0.368 e. The predicted octanol–water partition coefficient (Wildman–Crippen LogP) is 0.957. The summed E-state index contributed by atoms with van der Waals surface area (Å²) in [5.74, 6) is -1.30. The van der Waals surface area contributed by atoms with Crippen LogP contribution in [0.4, 0.5) is 10.1 Å². The van der Waals surface area contributed by atoms with Crippen molar-refractivity contribution in [2.24, 2.45) is 5.73 Å². The average Bonchev–Trinajstić information content (AvgIpc) is 2.18. The van der Waals surface area contributed by atoms with Crippen molar-refractivity contribution in [3.63, 3.8) is 0 Å². The third-order valence-corrected chi connectivity index (χ3v) is 1.76. The Kier molecular flexibility index (Phi) is 3.24. The zero-order chi connectivity index (χ0) is 12.3. The Labute approximate surface area is 89.8 Å². The van der Waals surface area contributed by atoms with Crippen LogP contribution in [0, 0.1) is 28.3 Å². The lowest BCUT2D eigenvalue weighted by Crippen LogP contribution is -2.38. The van der Waals surface area contributed by atoms with Gasteiger partial charge >= 0.3 is 5.09 Å². The lowest BCUT2D eigenvalue weighted by Gasteiger charge is -2.18. The van der Waals surface area contributed by atoms with E-state index in [1.54, 1.807) is 0 Å². The first-order valence-corrected chi connectivity index (χ1v) is 4.14. The number of benzene rings is 1. The van der Waals surface area contributed by atoms with Crippen molar-refractivity contribution in [1.29, 1.82) is 5.41 Å². The van der Waals surface area contributed by atoms with Gasteiger partial charge in [-0.1, -0.05) is 6.07 Å². The van der Waals surface area contributed by atoms with E-state index >= 15 is 0 Å². The van der Waals surface area contributed by atoms with Crippen LogP contribution in [0.5, 0.6) is 0 Å². The van der Waals surface area contributed by atoms with Crippen LogP contribution in [-0.4, -0.2) is 11.0 Å². The maximum Gasteiger partial charge on any atom is 0.317 e. The number of nitrogens with one attached hydrogen (secondary N) is 1. The highest BCUT2D eigenvalue weighted by molar-refractivity contribution is 5.90. The van der Waals surface area contributed by atoms with E-state index in [2.05, 4.69) is 4.94 Å². The minimum atomic E-state index is -1.14. The normalized spacial score (nSPS) is 9.62. The molecule has 7 nitrogen and oxygen atoms in total. The van der Waals surface area contributed by atoms with Crippen molar-refractivity contribution in [3.05, 3.63) is 39.7 Å². The molecule has 0 aliphatic carbocycles. The van der Waals surface area contributed by atoms with Crippen LogP contribution < -0.4 is 10.8 Å². The maximum absolute atomic E-state index is 13.2. The molecule has 16 heavy (non-hydrogen) atoms. The van der Waals surface area contributed by atoms with Crippen LogP contribution >= 0.6 is 0 Å². The predicted molar refractivity (Wildman–Crippen MR) is 53.6 cm³/mol. The third kappa shape index (κ3) is 2.56. The molecule has 0 amide bonds.